The van der Waals surface area contributed by atoms with Crippen molar-refractivity contribution in [2.24, 2.45) is 0 Å². The van der Waals surface area contributed by atoms with Crippen molar-refractivity contribution in [3.63, 3.8) is 0 Å². The van der Waals surface area contributed by atoms with Crippen LogP contribution < -0.4 is 0 Å². The summed E-state index contributed by atoms with van der Waals surface area (Å²) in [7, 11) is 0. The van der Waals surface area contributed by atoms with Crippen molar-refractivity contribution in [1.29, 1.82) is 0 Å². The second kappa shape index (κ2) is 7.13. The first-order chi connectivity index (χ1) is 11.4. The van der Waals surface area contributed by atoms with Crippen LogP contribution in [-0.2, 0) is 16.0 Å². The molecule has 1 N–H and O–H groups in total. The van der Waals surface area contributed by atoms with E-state index < -0.39 is 0 Å². The number of halogens is 1. The van der Waals surface area contributed by atoms with Gasteiger partial charge in [0.2, 0.25) is 5.91 Å². The molecule has 3 rings (SSSR count). The van der Waals surface area contributed by atoms with Crippen LogP contribution in [0.15, 0.2) is 18.2 Å². The number of aromatic nitrogens is 1. The molecule has 1 fully saturated rings. The number of carbonyl (C=O) groups is 1. The van der Waals surface area contributed by atoms with E-state index in [2.05, 4.69) is 4.98 Å². The number of H-pyrrole nitrogens is 1. The van der Waals surface area contributed by atoms with Crippen molar-refractivity contribution >= 4 is 29.5 Å². The second-order valence-corrected chi connectivity index (χ2v) is 7.72. The van der Waals surface area contributed by atoms with Crippen molar-refractivity contribution in [1.82, 2.24) is 9.88 Å². The number of thiazole rings is 1. The number of amides is 1. The van der Waals surface area contributed by atoms with Gasteiger partial charge in [-0.2, -0.15) is 0 Å². The number of rotatable bonds is 3. The molecule has 0 aliphatic carbocycles. The molecule has 1 aliphatic heterocycles. The van der Waals surface area contributed by atoms with E-state index in [1.54, 1.807) is 19.1 Å². The Morgan fingerprint density at radius 2 is 2.29 bits per heavy atom. The average Bonchev–Trinajstić information content (AvgIpc) is 2.87. The average molecular weight is 366 g/mol. The molecule has 2 aromatic rings. The van der Waals surface area contributed by atoms with E-state index in [1.165, 1.54) is 17.4 Å². The summed E-state index contributed by atoms with van der Waals surface area (Å²) in [6, 6.07) is 4.96. The van der Waals surface area contributed by atoms with Gasteiger partial charge in [0, 0.05) is 17.1 Å². The fourth-order valence-electron chi connectivity index (χ4n) is 2.80. The quantitative estimate of drug-likeness (QED) is 0.843. The number of hydrogen-bond donors (Lipinski definition) is 1. The summed E-state index contributed by atoms with van der Waals surface area (Å²) in [5.74, 6) is -0.165. The summed E-state index contributed by atoms with van der Waals surface area (Å²) < 4.78 is 19.9. The fraction of sp³-hybridized carbons (Fsp3) is 0.412. The molecule has 1 atom stereocenters. The predicted octanol–water partition coefficient (Wildman–Crippen LogP) is 3.70. The Bertz CT molecular complexity index is 815. The van der Waals surface area contributed by atoms with Crippen LogP contribution >= 0.6 is 23.6 Å². The van der Waals surface area contributed by atoms with E-state index in [-0.39, 0.29) is 17.8 Å². The molecule has 4 nitrogen and oxygen atoms in total. The molecule has 0 saturated carbocycles. The molecular weight excluding hydrogens is 347 g/mol. The first kappa shape index (κ1) is 17.3. The Balaban J connectivity index is 1.70. The Morgan fingerprint density at radius 1 is 1.50 bits per heavy atom. The van der Waals surface area contributed by atoms with E-state index in [9.17, 15) is 9.18 Å². The lowest BCUT2D eigenvalue weighted by molar-refractivity contribution is -0.138. The third-order valence-electron chi connectivity index (χ3n) is 4.21. The van der Waals surface area contributed by atoms with E-state index in [1.807, 2.05) is 11.8 Å². The number of nitrogens with one attached hydrogen (secondary N) is 1. The summed E-state index contributed by atoms with van der Waals surface area (Å²) >= 11 is 6.57. The molecular formula is C17H19FN2O2S2. The molecule has 0 radical (unpaired) electrons. The maximum atomic E-state index is 13.4. The third-order valence-corrected chi connectivity index (χ3v) is 5.54. The molecule has 0 bridgehead atoms. The lowest BCUT2D eigenvalue weighted by Gasteiger charge is -2.33. The van der Waals surface area contributed by atoms with Crippen molar-refractivity contribution in [2.75, 3.05) is 19.7 Å². The zero-order valence-corrected chi connectivity index (χ0v) is 15.2. The Hall–Kier alpha value is -1.57. The highest BCUT2D eigenvalue weighted by Crippen LogP contribution is 2.25. The van der Waals surface area contributed by atoms with Gasteiger partial charge in [0.05, 0.1) is 19.6 Å². The first-order valence-corrected chi connectivity index (χ1v) is 9.00. The van der Waals surface area contributed by atoms with Gasteiger partial charge in [0.15, 0.2) is 3.95 Å². The molecule has 1 amide bonds. The van der Waals surface area contributed by atoms with E-state index in [0.29, 0.717) is 35.6 Å². The van der Waals surface area contributed by atoms with E-state index in [4.69, 9.17) is 17.0 Å². The third kappa shape index (κ3) is 3.74. The van der Waals surface area contributed by atoms with Crippen LogP contribution in [0.1, 0.15) is 27.8 Å². The Labute approximate surface area is 149 Å². The van der Waals surface area contributed by atoms with Gasteiger partial charge in [-0.3, -0.25) is 4.79 Å². The van der Waals surface area contributed by atoms with Crippen LogP contribution in [0.5, 0.6) is 0 Å². The van der Waals surface area contributed by atoms with Crippen molar-refractivity contribution in [3.8, 4) is 0 Å². The van der Waals surface area contributed by atoms with Gasteiger partial charge >= 0.3 is 0 Å². The summed E-state index contributed by atoms with van der Waals surface area (Å²) in [5, 5.41) is 0. The lowest BCUT2D eigenvalue weighted by Crippen LogP contribution is -2.43. The number of aryl methyl sites for hydroxylation is 2. The maximum absolute atomic E-state index is 13.4. The highest BCUT2D eigenvalue weighted by atomic mass is 32.1. The molecule has 1 aromatic carbocycles. The van der Waals surface area contributed by atoms with Gasteiger partial charge in [-0.25, -0.2) is 4.39 Å². The second-order valence-electron chi connectivity index (χ2n) is 5.95. The number of hydrogen-bond acceptors (Lipinski definition) is 4. The molecule has 1 saturated heterocycles. The van der Waals surface area contributed by atoms with Crippen LogP contribution in [0.2, 0.25) is 0 Å². The SMILES string of the molecule is Cc1cc(C2CN(C(=O)Cc3sc(=S)[nH]c3C)CCO2)ccc1F. The molecule has 1 aliphatic rings. The summed E-state index contributed by atoms with van der Waals surface area (Å²) in [6.07, 6.45) is 0.131. The minimum Gasteiger partial charge on any atom is -0.370 e. The van der Waals surface area contributed by atoms with E-state index in [0.717, 1.165) is 16.1 Å². The van der Waals surface area contributed by atoms with Gasteiger partial charge < -0.3 is 14.6 Å². The maximum Gasteiger partial charge on any atom is 0.228 e. The molecule has 7 heteroatoms. The normalized spacial score (nSPS) is 18.0. The smallest absolute Gasteiger partial charge is 0.228 e. The van der Waals surface area contributed by atoms with E-state index >= 15 is 0 Å². The number of morpholine rings is 1. The van der Waals surface area contributed by atoms with Gasteiger partial charge in [-0.05, 0) is 43.3 Å². The van der Waals surface area contributed by atoms with Gasteiger partial charge in [0.25, 0.3) is 0 Å². The molecule has 128 valence electrons. The lowest BCUT2D eigenvalue weighted by atomic mass is 10.0. The minimum atomic E-state index is -0.230. The topological polar surface area (TPSA) is 45.3 Å². The first-order valence-electron chi connectivity index (χ1n) is 7.78. The van der Waals surface area contributed by atoms with Crippen molar-refractivity contribution < 1.29 is 13.9 Å². The van der Waals surface area contributed by atoms with Crippen LogP contribution in [0.4, 0.5) is 4.39 Å². The fourth-order valence-corrected chi connectivity index (χ4v) is 4.08. The zero-order chi connectivity index (χ0) is 17.3. The number of carbonyl (C=O) groups excluding carboxylic acids is 1. The Morgan fingerprint density at radius 3 is 2.96 bits per heavy atom. The largest absolute Gasteiger partial charge is 0.370 e. The van der Waals surface area contributed by atoms with Crippen LogP contribution in [0.3, 0.4) is 0 Å². The summed E-state index contributed by atoms with van der Waals surface area (Å²) in [4.78, 5) is 18.5. The zero-order valence-electron chi connectivity index (χ0n) is 13.6. The Kier molecular flexibility index (Phi) is 5.12. The molecule has 2 heterocycles. The number of benzene rings is 1. The molecule has 24 heavy (non-hydrogen) atoms. The minimum absolute atomic E-state index is 0.0653. The van der Waals surface area contributed by atoms with Crippen LogP contribution in [-0.4, -0.2) is 35.5 Å². The monoisotopic (exact) mass is 366 g/mol. The number of ether oxygens (including phenoxy) is 1. The highest BCUT2D eigenvalue weighted by molar-refractivity contribution is 7.73. The molecule has 1 unspecified atom stereocenters. The van der Waals surface area contributed by atoms with Gasteiger partial charge in [-0.1, -0.05) is 12.1 Å². The number of nitrogens with zero attached hydrogens (tertiary/aromatic N) is 1. The van der Waals surface area contributed by atoms with Crippen molar-refractivity contribution in [2.45, 2.75) is 26.4 Å². The van der Waals surface area contributed by atoms with Crippen LogP contribution in [0, 0.1) is 23.6 Å². The number of aromatic amines is 1. The standard InChI is InChI=1S/C17H19FN2O2S2/c1-10-7-12(3-4-13(10)18)14-9-20(5-6-22-14)16(21)8-15-11(2)19-17(23)24-15/h3-4,7,14H,5-6,8-9H2,1-2H3,(H,19,23). The van der Waals surface area contributed by atoms with Gasteiger partial charge in [-0.15, -0.1) is 11.3 Å². The molecule has 1 aromatic heterocycles. The summed E-state index contributed by atoms with van der Waals surface area (Å²) in [6.45, 7) is 5.20. The van der Waals surface area contributed by atoms with Crippen LogP contribution in [0.25, 0.3) is 0 Å². The van der Waals surface area contributed by atoms with Crippen molar-refractivity contribution in [3.05, 3.63) is 49.7 Å². The molecule has 0 spiro atoms. The highest BCUT2D eigenvalue weighted by Gasteiger charge is 2.26. The predicted molar refractivity (Wildman–Crippen MR) is 94.4 cm³/mol. The summed E-state index contributed by atoms with van der Waals surface area (Å²) in [5.41, 5.74) is 2.44. The van der Waals surface area contributed by atoms with Gasteiger partial charge in [0.1, 0.15) is 11.9 Å².